The Morgan fingerprint density at radius 2 is 2.00 bits per heavy atom. The summed E-state index contributed by atoms with van der Waals surface area (Å²) in [5, 5.41) is 11.4. The lowest BCUT2D eigenvalue weighted by Gasteiger charge is -2.33. The van der Waals surface area contributed by atoms with Gasteiger partial charge in [0.1, 0.15) is 5.82 Å². The molecule has 1 saturated heterocycles. The minimum atomic E-state index is -0.248. The Labute approximate surface area is 163 Å². The van der Waals surface area contributed by atoms with E-state index < -0.39 is 0 Å². The summed E-state index contributed by atoms with van der Waals surface area (Å²) in [4.78, 5) is 14.5. The van der Waals surface area contributed by atoms with Gasteiger partial charge in [-0.1, -0.05) is 12.1 Å². The number of likely N-dealkylation sites (tertiary alicyclic amines) is 1. The molecule has 1 atom stereocenters. The van der Waals surface area contributed by atoms with E-state index in [0.29, 0.717) is 24.8 Å². The summed E-state index contributed by atoms with van der Waals surface area (Å²) in [5.41, 5.74) is 2.93. The molecule has 0 saturated carbocycles. The lowest BCUT2D eigenvalue weighted by atomic mass is 9.87. The van der Waals surface area contributed by atoms with Crippen LogP contribution >= 0.6 is 0 Å². The lowest BCUT2D eigenvalue weighted by Crippen LogP contribution is -2.45. The van der Waals surface area contributed by atoms with E-state index in [2.05, 4.69) is 15.5 Å². The Morgan fingerprint density at radius 1 is 1.21 bits per heavy atom. The van der Waals surface area contributed by atoms with Crippen LogP contribution in [0.3, 0.4) is 0 Å². The molecular formula is C21H24FN5O. The highest BCUT2D eigenvalue weighted by molar-refractivity contribution is 5.74. The van der Waals surface area contributed by atoms with Gasteiger partial charge in [0, 0.05) is 19.3 Å². The van der Waals surface area contributed by atoms with E-state index in [1.54, 1.807) is 6.07 Å². The number of benzene rings is 1. The van der Waals surface area contributed by atoms with Crippen LogP contribution in [0.2, 0.25) is 0 Å². The quantitative estimate of drug-likeness (QED) is 0.750. The van der Waals surface area contributed by atoms with Crippen LogP contribution in [0.1, 0.15) is 48.7 Å². The normalized spacial score (nSPS) is 16.3. The third kappa shape index (κ3) is 3.56. The van der Waals surface area contributed by atoms with Gasteiger partial charge in [0.25, 0.3) is 0 Å². The van der Waals surface area contributed by atoms with Gasteiger partial charge in [0.2, 0.25) is 0 Å². The lowest BCUT2D eigenvalue weighted by molar-refractivity contribution is 0.178. The van der Waals surface area contributed by atoms with Crippen LogP contribution in [0.15, 0.2) is 42.6 Å². The predicted molar refractivity (Wildman–Crippen MR) is 105 cm³/mol. The number of carbonyl (C=O) groups excluding carboxylic acids is 1. The maximum atomic E-state index is 13.3. The smallest absolute Gasteiger partial charge is 0.317 e. The summed E-state index contributed by atoms with van der Waals surface area (Å²) >= 11 is 0. The van der Waals surface area contributed by atoms with Crippen molar-refractivity contribution >= 4 is 11.7 Å². The van der Waals surface area contributed by atoms with E-state index in [1.807, 2.05) is 53.6 Å². The van der Waals surface area contributed by atoms with Crippen molar-refractivity contribution in [1.82, 2.24) is 24.8 Å². The minimum absolute atomic E-state index is 0.0885. The number of urea groups is 1. The zero-order valence-corrected chi connectivity index (χ0v) is 16.1. The van der Waals surface area contributed by atoms with Crippen LogP contribution in [-0.2, 0) is 0 Å². The van der Waals surface area contributed by atoms with Gasteiger partial charge in [0.15, 0.2) is 11.5 Å². The molecule has 1 fully saturated rings. The molecule has 3 heterocycles. The van der Waals surface area contributed by atoms with E-state index in [4.69, 9.17) is 0 Å². The first-order valence-corrected chi connectivity index (χ1v) is 9.64. The topological polar surface area (TPSA) is 62.5 Å². The van der Waals surface area contributed by atoms with Crippen LogP contribution in [0.5, 0.6) is 0 Å². The van der Waals surface area contributed by atoms with Crippen molar-refractivity contribution in [3.63, 3.8) is 0 Å². The molecule has 0 aliphatic carbocycles. The number of hydrogen-bond acceptors (Lipinski definition) is 3. The fraction of sp³-hybridized carbons (Fsp3) is 0.381. The molecular weight excluding hydrogens is 357 g/mol. The van der Waals surface area contributed by atoms with Gasteiger partial charge in [-0.25, -0.2) is 9.18 Å². The molecule has 1 aromatic carbocycles. The Hall–Kier alpha value is -2.96. The van der Waals surface area contributed by atoms with Crippen LogP contribution in [-0.4, -0.2) is 38.6 Å². The second kappa shape index (κ2) is 7.58. The number of rotatable bonds is 3. The Bertz CT molecular complexity index is 993. The van der Waals surface area contributed by atoms with Crippen LogP contribution in [0.4, 0.5) is 9.18 Å². The third-order valence-corrected chi connectivity index (χ3v) is 5.52. The Kier molecular flexibility index (Phi) is 4.98. The first-order valence-electron chi connectivity index (χ1n) is 9.64. The second-order valence-corrected chi connectivity index (χ2v) is 7.42. The summed E-state index contributed by atoms with van der Waals surface area (Å²) in [6.07, 6.45) is 3.65. The molecule has 1 N–H and O–H groups in total. The van der Waals surface area contributed by atoms with Crippen molar-refractivity contribution in [2.75, 3.05) is 13.1 Å². The number of fused-ring (bicyclic) bond motifs is 1. The van der Waals surface area contributed by atoms with Crippen molar-refractivity contribution in [2.45, 2.75) is 38.6 Å². The average molecular weight is 381 g/mol. The number of aryl methyl sites for hydroxylation is 1. The third-order valence-electron chi connectivity index (χ3n) is 5.52. The first kappa shape index (κ1) is 18.4. The number of nitrogens with one attached hydrogen (secondary N) is 1. The summed E-state index contributed by atoms with van der Waals surface area (Å²) in [6, 6.07) is 10.3. The molecule has 1 aliphatic heterocycles. The van der Waals surface area contributed by atoms with Gasteiger partial charge < -0.3 is 10.2 Å². The van der Waals surface area contributed by atoms with Crippen LogP contribution in [0, 0.1) is 12.7 Å². The monoisotopic (exact) mass is 381 g/mol. The zero-order chi connectivity index (χ0) is 19.7. The number of pyridine rings is 1. The molecule has 0 radical (unpaired) electrons. The van der Waals surface area contributed by atoms with Gasteiger partial charge in [-0.3, -0.25) is 4.40 Å². The maximum Gasteiger partial charge on any atom is 0.317 e. The number of aromatic nitrogens is 3. The number of piperidine rings is 1. The van der Waals surface area contributed by atoms with E-state index >= 15 is 0 Å². The zero-order valence-electron chi connectivity index (χ0n) is 16.1. The van der Waals surface area contributed by atoms with Crippen molar-refractivity contribution in [1.29, 1.82) is 0 Å². The average Bonchev–Trinajstić information content (AvgIpc) is 3.12. The SMILES string of the molecule is Cc1cc(F)ccc1C1CCN(C(=O)NC(C)c2nnc3ccccn23)CC1. The highest BCUT2D eigenvalue weighted by Gasteiger charge is 2.26. The second-order valence-electron chi connectivity index (χ2n) is 7.42. The predicted octanol–water partition coefficient (Wildman–Crippen LogP) is 3.83. The van der Waals surface area contributed by atoms with Crippen molar-refractivity contribution in [2.24, 2.45) is 0 Å². The molecule has 7 heteroatoms. The molecule has 146 valence electrons. The maximum absolute atomic E-state index is 13.3. The largest absolute Gasteiger partial charge is 0.328 e. The number of halogens is 1. The molecule has 28 heavy (non-hydrogen) atoms. The van der Waals surface area contributed by atoms with E-state index in [9.17, 15) is 9.18 Å². The Morgan fingerprint density at radius 3 is 2.75 bits per heavy atom. The molecule has 0 bridgehead atoms. The molecule has 1 aliphatic rings. The van der Waals surface area contributed by atoms with Gasteiger partial charge in [-0.15, -0.1) is 10.2 Å². The summed E-state index contributed by atoms with van der Waals surface area (Å²) in [7, 11) is 0. The number of carbonyl (C=O) groups is 1. The van der Waals surface area contributed by atoms with Crippen molar-refractivity contribution in [3.8, 4) is 0 Å². The fourth-order valence-electron chi connectivity index (χ4n) is 3.99. The van der Waals surface area contributed by atoms with E-state index in [1.165, 1.54) is 11.6 Å². The first-order chi connectivity index (χ1) is 13.5. The van der Waals surface area contributed by atoms with Crippen LogP contribution in [0.25, 0.3) is 5.65 Å². The van der Waals surface area contributed by atoms with Crippen molar-refractivity contribution in [3.05, 3.63) is 65.4 Å². The Balaban J connectivity index is 1.37. The molecule has 2 amide bonds. The van der Waals surface area contributed by atoms with Crippen LogP contribution < -0.4 is 5.32 Å². The van der Waals surface area contributed by atoms with Gasteiger partial charge in [-0.05, 0) is 68.0 Å². The molecule has 4 rings (SSSR count). The van der Waals surface area contributed by atoms with E-state index in [0.717, 1.165) is 24.1 Å². The summed E-state index contributed by atoms with van der Waals surface area (Å²) in [6.45, 7) is 5.22. The minimum Gasteiger partial charge on any atom is -0.328 e. The highest BCUT2D eigenvalue weighted by atomic mass is 19.1. The number of hydrogen-bond donors (Lipinski definition) is 1. The molecule has 3 aromatic rings. The highest BCUT2D eigenvalue weighted by Crippen LogP contribution is 2.30. The van der Waals surface area contributed by atoms with Crippen molar-refractivity contribution < 1.29 is 9.18 Å². The van der Waals surface area contributed by atoms with Gasteiger partial charge >= 0.3 is 6.03 Å². The number of amides is 2. The molecule has 1 unspecified atom stereocenters. The summed E-state index contributed by atoms with van der Waals surface area (Å²) < 4.78 is 15.2. The molecule has 0 spiro atoms. The van der Waals surface area contributed by atoms with Gasteiger partial charge in [-0.2, -0.15) is 0 Å². The molecule has 6 nitrogen and oxygen atoms in total. The summed E-state index contributed by atoms with van der Waals surface area (Å²) in [5.74, 6) is 0.872. The fourth-order valence-corrected chi connectivity index (χ4v) is 3.99. The molecule has 2 aromatic heterocycles. The van der Waals surface area contributed by atoms with E-state index in [-0.39, 0.29) is 17.9 Å². The standard InChI is InChI=1S/C21H24FN5O/c1-14-13-17(22)6-7-18(14)16-8-11-26(12-9-16)21(28)23-15(2)20-25-24-19-5-3-4-10-27(19)20/h3-7,10,13,15-16H,8-9,11-12H2,1-2H3,(H,23,28). The van der Waals surface area contributed by atoms with Gasteiger partial charge in [0.05, 0.1) is 6.04 Å². The number of nitrogens with zero attached hydrogens (tertiary/aromatic N) is 4.